The molecule has 17 heavy (non-hydrogen) atoms. The zero-order valence-electron chi connectivity index (χ0n) is 10.5. The van der Waals surface area contributed by atoms with Gasteiger partial charge in [-0.3, -0.25) is 5.01 Å². The highest BCUT2D eigenvalue weighted by molar-refractivity contribution is 5.94. The van der Waals surface area contributed by atoms with Gasteiger partial charge in [0, 0.05) is 31.9 Å². The molecule has 5 heteroatoms. The van der Waals surface area contributed by atoms with Gasteiger partial charge < -0.3 is 4.90 Å². The Bertz CT molecular complexity index is 403. The Morgan fingerprint density at radius 3 is 2.76 bits per heavy atom. The number of hydrogen-bond acceptors (Lipinski definition) is 5. The zero-order chi connectivity index (χ0) is 11.8. The first kappa shape index (κ1) is 10.7. The number of piperidine rings is 1. The lowest BCUT2D eigenvalue weighted by Crippen LogP contribution is -2.46. The molecule has 0 aromatic heterocycles. The van der Waals surface area contributed by atoms with E-state index in [4.69, 9.17) is 0 Å². The number of likely N-dealkylation sites (tertiary alicyclic amines) is 1. The molecule has 0 aromatic rings. The molecule has 3 heterocycles. The second kappa shape index (κ2) is 4.07. The molecular formula is C12H19N5. The maximum atomic E-state index is 4.54. The normalized spacial score (nSPS) is 24.4. The summed E-state index contributed by atoms with van der Waals surface area (Å²) in [6.07, 6.45) is 8.11. The average Bonchev–Trinajstić information content (AvgIpc) is 2.69. The van der Waals surface area contributed by atoms with Gasteiger partial charge in [0.15, 0.2) is 5.82 Å². The standard InChI is InChI=1S/C12H19N5/c1-10-8-12(16-6-4-3-5-7-16)17-11(13-10)9-15(2)14-17/h8-9,14H,3-7H2,1-2H3. The molecular weight excluding hydrogens is 214 g/mol. The molecule has 0 aromatic carbocycles. The number of hydrazine groups is 2. The predicted octanol–water partition coefficient (Wildman–Crippen LogP) is 1.25. The Kier molecular flexibility index (Phi) is 2.55. The van der Waals surface area contributed by atoms with Gasteiger partial charge in [-0.1, -0.05) is 0 Å². The van der Waals surface area contributed by atoms with E-state index < -0.39 is 0 Å². The van der Waals surface area contributed by atoms with Crippen LogP contribution in [0.5, 0.6) is 0 Å². The molecule has 1 fully saturated rings. The number of fused-ring (bicyclic) bond motifs is 1. The second-order valence-corrected chi connectivity index (χ2v) is 4.84. The molecule has 0 saturated carbocycles. The second-order valence-electron chi connectivity index (χ2n) is 4.84. The minimum Gasteiger partial charge on any atom is -0.357 e. The molecule has 0 spiro atoms. The van der Waals surface area contributed by atoms with Gasteiger partial charge in [0.1, 0.15) is 5.82 Å². The van der Waals surface area contributed by atoms with Gasteiger partial charge in [0.2, 0.25) is 0 Å². The fourth-order valence-electron chi connectivity index (χ4n) is 2.54. The predicted molar refractivity (Wildman–Crippen MR) is 67.4 cm³/mol. The first-order valence-corrected chi connectivity index (χ1v) is 6.27. The summed E-state index contributed by atoms with van der Waals surface area (Å²) in [5.74, 6) is 2.21. The van der Waals surface area contributed by atoms with Crippen LogP contribution in [0.2, 0.25) is 0 Å². The molecule has 0 aliphatic carbocycles. The van der Waals surface area contributed by atoms with Gasteiger partial charge in [-0.25, -0.2) is 10.0 Å². The van der Waals surface area contributed by atoms with E-state index in [1.807, 2.05) is 18.3 Å². The van der Waals surface area contributed by atoms with Crippen molar-refractivity contribution in [2.45, 2.75) is 26.2 Å². The minimum absolute atomic E-state index is 0.980. The summed E-state index contributed by atoms with van der Waals surface area (Å²) < 4.78 is 0. The average molecular weight is 233 g/mol. The van der Waals surface area contributed by atoms with Crippen LogP contribution in [0, 0.1) is 0 Å². The van der Waals surface area contributed by atoms with Crippen molar-refractivity contribution in [3.05, 3.63) is 23.9 Å². The Morgan fingerprint density at radius 2 is 2.00 bits per heavy atom. The summed E-state index contributed by atoms with van der Waals surface area (Å²) in [6, 6.07) is 0. The van der Waals surface area contributed by atoms with Crippen LogP contribution in [-0.4, -0.2) is 40.8 Å². The van der Waals surface area contributed by atoms with Crippen LogP contribution in [0.1, 0.15) is 26.2 Å². The summed E-state index contributed by atoms with van der Waals surface area (Å²) in [5, 5.41) is 4.01. The number of rotatable bonds is 1. The fraction of sp³-hybridized carbons (Fsp3) is 0.583. The summed E-state index contributed by atoms with van der Waals surface area (Å²) in [5.41, 5.74) is 4.35. The highest BCUT2D eigenvalue weighted by Gasteiger charge is 2.28. The number of hydrogen-bond donors (Lipinski definition) is 1. The number of nitrogens with one attached hydrogen (secondary N) is 1. The maximum absolute atomic E-state index is 4.54. The van der Waals surface area contributed by atoms with Gasteiger partial charge in [0.25, 0.3) is 0 Å². The van der Waals surface area contributed by atoms with Gasteiger partial charge in [0.05, 0.1) is 6.20 Å². The monoisotopic (exact) mass is 233 g/mol. The SMILES string of the molecule is CC1=NC2=CN(C)NN2C(N2CCCCC2)=C1. The van der Waals surface area contributed by atoms with Crippen molar-refractivity contribution >= 4 is 5.71 Å². The summed E-state index contributed by atoms with van der Waals surface area (Å²) in [4.78, 5) is 6.98. The lowest BCUT2D eigenvalue weighted by atomic mass is 10.1. The van der Waals surface area contributed by atoms with Crippen molar-refractivity contribution in [3.63, 3.8) is 0 Å². The summed E-state index contributed by atoms with van der Waals surface area (Å²) in [6.45, 7) is 4.35. The summed E-state index contributed by atoms with van der Waals surface area (Å²) in [7, 11) is 1.99. The van der Waals surface area contributed by atoms with Crippen molar-refractivity contribution in [2.75, 3.05) is 20.1 Å². The molecule has 3 rings (SSSR count). The fourth-order valence-corrected chi connectivity index (χ4v) is 2.54. The van der Waals surface area contributed by atoms with Crippen molar-refractivity contribution < 1.29 is 0 Å². The Hall–Kier alpha value is -1.49. The van der Waals surface area contributed by atoms with Gasteiger partial charge in [-0.2, -0.15) is 0 Å². The topological polar surface area (TPSA) is 34.1 Å². The third-order valence-electron chi connectivity index (χ3n) is 3.33. The van der Waals surface area contributed by atoms with Crippen LogP contribution in [0.3, 0.4) is 0 Å². The van der Waals surface area contributed by atoms with Crippen LogP contribution in [-0.2, 0) is 0 Å². The Balaban J connectivity index is 1.88. The van der Waals surface area contributed by atoms with Gasteiger partial charge in [-0.15, -0.1) is 5.53 Å². The van der Waals surface area contributed by atoms with Crippen LogP contribution in [0.4, 0.5) is 0 Å². The van der Waals surface area contributed by atoms with E-state index in [9.17, 15) is 0 Å². The van der Waals surface area contributed by atoms with E-state index >= 15 is 0 Å². The molecule has 3 aliphatic rings. The zero-order valence-corrected chi connectivity index (χ0v) is 10.5. The number of allylic oxidation sites excluding steroid dienone is 1. The van der Waals surface area contributed by atoms with Crippen molar-refractivity contribution in [2.24, 2.45) is 4.99 Å². The Labute approximate surface area is 102 Å². The highest BCUT2D eigenvalue weighted by atomic mass is 15.8. The van der Waals surface area contributed by atoms with E-state index in [1.165, 1.54) is 25.1 Å². The number of nitrogens with zero attached hydrogens (tertiary/aromatic N) is 4. The molecule has 3 aliphatic heterocycles. The lowest BCUT2D eigenvalue weighted by Gasteiger charge is -2.37. The molecule has 0 amide bonds. The van der Waals surface area contributed by atoms with Crippen LogP contribution < -0.4 is 5.53 Å². The van der Waals surface area contributed by atoms with Crippen LogP contribution >= 0.6 is 0 Å². The van der Waals surface area contributed by atoms with Crippen LogP contribution in [0.15, 0.2) is 28.9 Å². The third kappa shape index (κ3) is 1.91. The molecule has 92 valence electrons. The number of aliphatic imine (C=N–C) groups is 1. The van der Waals surface area contributed by atoms with Crippen molar-refractivity contribution in [3.8, 4) is 0 Å². The van der Waals surface area contributed by atoms with Crippen molar-refractivity contribution in [1.29, 1.82) is 0 Å². The van der Waals surface area contributed by atoms with Gasteiger partial charge >= 0.3 is 0 Å². The van der Waals surface area contributed by atoms with E-state index in [0.29, 0.717) is 0 Å². The molecule has 1 N–H and O–H groups in total. The minimum atomic E-state index is 0.980. The van der Waals surface area contributed by atoms with Crippen LogP contribution in [0.25, 0.3) is 0 Å². The molecule has 1 saturated heterocycles. The van der Waals surface area contributed by atoms with Gasteiger partial charge in [-0.05, 0) is 26.2 Å². The lowest BCUT2D eigenvalue weighted by molar-refractivity contribution is 0.123. The largest absolute Gasteiger partial charge is 0.357 e. The van der Waals surface area contributed by atoms with E-state index in [2.05, 4.69) is 33.4 Å². The molecule has 0 radical (unpaired) electrons. The first-order valence-electron chi connectivity index (χ1n) is 6.27. The van der Waals surface area contributed by atoms with E-state index in [1.54, 1.807) is 0 Å². The summed E-state index contributed by atoms with van der Waals surface area (Å²) >= 11 is 0. The first-order chi connectivity index (χ1) is 8.24. The molecule has 5 nitrogen and oxygen atoms in total. The molecule has 0 unspecified atom stereocenters. The third-order valence-corrected chi connectivity index (χ3v) is 3.33. The van der Waals surface area contributed by atoms with E-state index in [-0.39, 0.29) is 0 Å². The quantitative estimate of drug-likeness (QED) is 0.739. The molecule has 0 bridgehead atoms. The smallest absolute Gasteiger partial charge is 0.168 e. The molecule has 0 atom stereocenters. The maximum Gasteiger partial charge on any atom is 0.168 e. The van der Waals surface area contributed by atoms with Crippen molar-refractivity contribution in [1.82, 2.24) is 20.5 Å². The highest BCUT2D eigenvalue weighted by Crippen LogP contribution is 2.26. The Morgan fingerprint density at radius 1 is 1.24 bits per heavy atom. The van der Waals surface area contributed by atoms with E-state index in [0.717, 1.165) is 24.6 Å².